The highest BCUT2D eigenvalue weighted by molar-refractivity contribution is 6.03. The van der Waals surface area contributed by atoms with Crippen LogP contribution < -0.4 is 0 Å². The van der Waals surface area contributed by atoms with Gasteiger partial charge in [0.1, 0.15) is 0 Å². The van der Waals surface area contributed by atoms with Crippen LogP contribution in [-0.2, 0) is 0 Å². The third-order valence-corrected chi connectivity index (χ3v) is 5.21. The van der Waals surface area contributed by atoms with E-state index in [-0.39, 0.29) is 22.3 Å². The van der Waals surface area contributed by atoms with Crippen molar-refractivity contribution in [3.8, 4) is 22.3 Å². The summed E-state index contributed by atoms with van der Waals surface area (Å²) in [6.07, 6.45) is 0. The van der Waals surface area contributed by atoms with Crippen molar-refractivity contribution >= 4 is 23.9 Å². The zero-order chi connectivity index (χ0) is 26.2. The van der Waals surface area contributed by atoms with Gasteiger partial charge in [0.2, 0.25) is 0 Å². The van der Waals surface area contributed by atoms with Gasteiger partial charge in [-0.3, -0.25) is 0 Å². The van der Waals surface area contributed by atoms with Crippen LogP contribution in [0.5, 0.6) is 0 Å². The zero-order valence-corrected chi connectivity index (χ0v) is 18.7. The number of hydrogen-bond donors (Lipinski definition) is 4. The molecule has 0 aromatic heterocycles. The van der Waals surface area contributed by atoms with Crippen molar-refractivity contribution in [3.05, 3.63) is 119 Å². The molecule has 4 rings (SSSR count). The maximum absolute atomic E-state index is 11.1. The second kappa shape index (κ2) is 11.3. The highest BCUT2D eigenvalue weighted by Crippen LogP contribution is 2.28. The van der Waals surface area contributed by atoms with Crippen LogP contribution in [0.1, 0.15) is 41.4 Å². The Bertz CT molecular complexity index is 1230. The summed E-state index contributed by atoms with van der Waals surface area (Å²) in [5.74, 6) is -4.31. The van der Waals surface area contributed by atoms with Crippen LogP contribution in [0.25, 0.3) is 22.3 Å². The first-order valence-electron chi connectivity index (χ1n) is 10.5. The molecule has 0 aliphatic heterocycles. The van der Waals surface area contributed by atoms with Crippen molar-refractivity contribution < 1.29 is 39.6 Å². The van der Waals surface area contributed by atoms with Crippen molar-refractivity contribution in [1.82, 2.24) is 0 Å². The van der Waals surface area contributed by atoms with Gasteiger partial charge in [-0.05, 0) is 46.5 Å². The van der Waals surface area contributed by atoms with Gasteiger partial charge < -0.3 is 20.4 Å². The largest absolute Gasteiger partial charge is 0.478 e. The highest BCUT2D eigenvalue weighted by atomic mass is 16.4. The van der Waals surface area contributed by atoms with Crippen molar-refractivity contribution in [3.63, 3.8) is 0 Å². The molecular formula is C28H20O8. The summed E-state index contributed by atoms with van der Waals surface area (Å²) < 4.78 is 0. The van der Waals surface area contributed by atoms with Gasteiger partial charge in [0, 0.05) is 0 Å². The Labute approximate surface area is 205 Å². The Hall–Kier alpha value is -5.24. The molecule has 0 bridgehead atoms. The molecule has 0 spiro atoms. The topological polar surface area (TPSA) is 149 Å². The van der Waals surface area contributed by atoms with E-state index in [4.69, 9.17) is 20.4 Å². The molecule has 0 saturated carbocycles. The summed E-state index contributed by atoms with van der Waals surface area (Å²) in [4.78, 5) is 44.5. The predicted molar refractivity (Wildman–Crippen MR) is 132 cm³/mol. The quantitative estimate of drug-likeness (QED) is 0.280. The lowest BCUT2D eigenvalue weighted by molar-refractivity contribution is 0.0684. The molecule has 4 N–H and O–H groups in total. The predicted octanol–water partition coefficient (Wildman–Crippen LogP) is 5.50. The second-order valence-electron chi connectivity index (χ2n) is 7.40. The molecule has 0 heterocycles. The summed E-state index contributed by atoms with van der Waals surface area (Å²) in [6.45, 7) is 0. The van der Waals surface area contributed by atoms with Gasteiger partial charge >= 0.3 is 23.9 Å². The van der Waals surface area contributed by atoms with Gasteiger partial charge in [-0.25, -0.2) is 19.2 Å². The van der Waals surface area contributed by atoms with E-state index in [0.29, 0.717) is 22.3 Å². The van der Waals surface area contributed by atoms with Crippen molar-refractivity contribution in [2.75, 3.05) is 0 Å². The Morgan fingerprint density at radius 2 is 0.500 bits per heavy atom. The van der Waals surface area contributed by atoms with Crippen LogP contribution >= 0.6 is 0 Å². The van der Waals surface area contributed by atoms with Crippen LogP contribution in [0.4, 0.5) is 0 Å². The van der Waals surface area contributed by atoms with Crippen LogP contribution in [0.15, 0.2) is 97.1 Å². The highest BCUT2D eigenvalue weighted by Gasteiger charge is 2.17. The zero-order valence-electron chi connectivity index (χ0n) is 18.7. The molecule has 180 valence electrons. The lowest BCUT2D eigenvalue weighted by atomic mass is 9.95. The van der Waals surface area contributed by atoms with Gasteiger partial charge in [0.15, 0.2) is 0 Å². The van der Waals surface area contributed by atoms with E-state index in [0.717, 1.165) is 0 Å². The minimum atomic E-state index is -1.08. The number of carboxylic acids is 4. The smallest absolute Gasteiger partial charge is 0.336 e. The standard InChI is InChI=1S/2C14H10O4/c2*15-13(16)11-7-3-1-5-9(11)10-6-2-4-8-12(10)14(17)18/h2*1-8H,(H,15,16)(H,17,18). The van der Waals surface area contributed by atoms with E-state index in [9.17, 15) is 19.2 Å². The van der Waals surface area contributed by atoms with Crippen LogP contribution in [-0.4, -0.2) is 44.3 Å². The number of carboxylic acid groups (broad SMARTS) is 4. The van der Waals surface area contributed by atoms with Gasteiger partial charge in [0.25, 0.3) is 0 Å². The second-order valence-corrected chi connectivity index (χ2v) is 7.40. The SMILES string of the molecule is O=C(O)c1ccccc1-c1ccccc1C(=O)O.O=C(O)c1ccccc1-c1ccccc1C(=O)O. The first-order valence-corrected chi connectivity index (χ1v) is 10.5. The van der Waals surface area contributed by atoms with E-state index >= 15 is 0 Å². The van der Waals surface area contributed by atoms with Crippen molar-refractivity contribution in [1.29, 1.82) is 0 Å². The Morgan fingerprint density at radius 1 is 0.333 bits per heavy atom. The lowest BCUT2D eigenvalue weighted by Crippen LogP contribution is -2.03. The molecule has 36 heavy (non-hydrogen) atoms. The molecule has 0 aliphatic rings. The maximum Gasteiger partial charge on any atom is 0.336 e. The van der Waals surface area contributed by atoms with E-state index in [1.54, 1.807) is 72.8 Å². The average molecular weight is 484 g/mol. The average Bonchev–Trinajstić information content (AvgIpc) is 2.89. The van der Waals surface area contributed by atoms with Crippen LogP contribution in [0.3, 0.4) is 0 Å². The van der Waals surface area contributed by atoms with Crippen LogP contribution in [0, 0.1) is 0 Å². The Morgan fingerprint density at radius 3 is 0.667 bits per heavy atom. The fourth-order valence-corrected chi connectivity index (χ4v) is 3.62. The Balaban J connectivity index is 0.000000201. The summed E-state index contributed by atoms with van der Waals surface area (Å²) >= 11 is 0. The third kappa shape index (κ3) is 5.63. The van der Waals surface area contributed by atoms with E-state index in [1.807, 2.05) is 0 Å². The molecule has 0 fully saturated rings. The number of rotatable bonds is 6. The maximum atomic E-state index is 11.1. The summed E-state index contributed by atoms with van der Waals surface area (Å²) in [5.41, 5.74) is 1.98. The molecule has 8 nitrogen and oxygen atoms in total. The molecule has 0 aliphatic carbocycles. The minimum absolute atomic E-state index is 0.0891. The molecule has 4 aromatic rings. The lowest BCUT2D eigenvalue weighted by Gasteiger charge is -2.08. The monoisotopic (exact) mass is 484 g/mol. The van der Waals surface area contributed by atoms with Gasteiger partial charge in [-0.2, -0.15) is 0 Å². The fraction of sp³-hybridized carbons (Fsp3) is 0. The van der Waals surface area contributed by atoms with E-state index < -0.39 is 23.9 Å². The molecule has 0 unspecified atom stereocenters. The fourth-order valence-electron chi connectivity index (χ4n) is 3.62. The number of benzene rings is 4. The molecule has 8 heteroatoms. The van der Waals surface area contributed by atoms with Gasteiger partial charge in [0.05, 0.1) is 22.3 Å². The normalized spacial score (nSPS) is 10.0. The Kier molecular flexibility index (Phi) is 7.94. The van der Waals surface area contributed by atoms with E-state index in [2.05, 4.69) is 0 Å². The molecule has 0 atom stereocenters. The molecule has 0 amide bonds. The van der Waals surface area contributed by atoms with E-state index in [1.165, 1.54) is 24.3 Å². The molecule has 0 saturated heterocycles. The van der Waals surface area contributed by atoms with Crippen molar-refractivity contribution in [2.45, 2.75) is 0 Å². The molecule has 4 aromatic carbocycles. The first kappa shape index (κ1) is 25.4. The first-order chi connectivity index (χ1) is 17.2. The van der Waals surface area contributed by atoms with Gasteiger partial charge in [-0.15, -0.1) is 0 Å². The molecular weight excluding hydrogens is 464 g/mol. The summed E-state index contributed by atoms with van der Waals surface area (Å²) in [6, 6.07) is 25.4. The van der Waals surface area contributed by atoms with Gasteiger partial charge in [-0.1, -0.05) is 72.8 Å². The minimum Gasteiger partial charge on any atom is -0.478 e. The number of aromatic carboxylic acids is 4. The summed E-state index contributed by atoms with van der Waals surface area (Å²) in [7, 11) is 0. The molecule has 0 radical (unpaired) electrons. The number of hydrogen-bond acceptors (Lipinski definition) is 4. The van der Waals surface area contributed by atoms with Crippen LogP contribution in [0.2, 0.25) is 0 Å². The van der Waals surface area contributed by atoms with Crippen molar-refractivity contribution in [2.24, 2.45) is 0 Å². The third-order valence-electron chi connectivity index (χ3n) is 5.21. The summed E-state index contributed by atoms with van der Waals surface area (Å²) in [5, 5.41) is 36.4. The number of carbonyl (C=O) groups is 4.